The summed E-state index contributed by atoms with van der Waals surface area (Å²) in [4.78, 5) is 0. The molecule has 88 valence electrons. The van der Waals surface area contributed by atoms with Crippen molar-refractivity contribution in [2.45, 2.75) is 0 Å². The van der Waals surface area contributed by atoms with Crippen molar-refractivity contribution in [3.05, 3.63) is 24.3 Å². The third-order valence-corrected chi connectivity index (χ3v) is 3.01. The minimum Gasteiger partial charge on any atom is -0.495 e. The summed E-state index contributed by atoms with van der Waals surface area (Å²) < 4.78 is 10.5. The van der Waals surface area contributed by atoms with Gasteiger partial charge in [-0.3, -0.25) is 0 Å². The van der Waals surface area contributed by atoms with Gasteiger partial charge in [0.2, 0.25) is 0 Å². The van der Waals surface area contributed by atoms with Crippen molar-refractivity contribution in [2.75, 3.05) is 38.7 Å². The van der Waals surface area contributed by atoms with Crippen LogP contribution in [-0.4, -0.2) is 33.4 Å². The molecule has 0 aliphatic carbocycles. The normalized spacial score (nSPS) is 17.6. The zero-order valence-electron chi connectivity index (χ0n) is 9.53. The van der Waals surface area contributed by atoms with Crippen LogP contribution in [0.2, 0.25) is 0 Å². The van der Waals surface area contributed by atoms with Crippen molar-refractivity contribution < 1.29 is 9.47 Å². The highest BCUT2D eigenvalue weighted by atomic mass is 16.5. The summed E-state index contributed by atoms with van der Waals surface area (Å²) in [6.45, 7) is 2.95. The Balaban J connectivity index is 1.98. The van der Waals surface area contributed by atoms with Crippen molar-refractivity contribution in [3.63, 3.8) is 0 Å². The summed E-state index contributed by atoms with van der Waals surface area (Å²) >= 11 is 0. The standard InChI is InChI=1S/C12H18N2O2/c1-15-11-5-3-2-4-10(11)14-7-12(6-13)8-16-9-12/h2-5,14H,6-9,13H2,1H3. The van der Waals surface area contributed by atoms with Crippen LogP contribution in [0, 0.1) is 5.41 Å². The van der Waals surface area contributed by atoms with Crippen LogP contribution in [0.1, 0.15) is 0 Å². The summed E-state index contributed by atoms with van der Waals surface area (Å²) in [6, 6.07) is 7.88. The minimum atomic E-state index is 0.0981. The summed E-state index contributed by atoms with van der Waals surface area (Å²) in [7, 11) is 1.67. The van der Waals surface area contributed by atoms with Gasteiger partial charge in [-0.05, 0) is 12.1 Å². The fourth-order valence-electron chi connectivity index (χ4n) is 1.76. The molecule has 4 heteroatoms. The largest absolute Gasteiger partial charge is 0.495 e. The highest BCUT2D eigenvalue weighted by Crippen LogP contribution is 2.29. The van der Waals surface area contributed by atoms with Gasteiger partial charge in [0.15, 0.2) is 0 Å². The highest BCUT2D eigenvalue weighted by Gasteiger charge is 2.37. The van der Waals surface area contributed by atoms with Gasteiger partial charge >= 0.3 is 0 Å². The number of para-hydroxylation sites is 2. The average molecular weight is 222 g/mol. The van der Waals surface area contributed by atoms with E-state index in [-0.39, 0.29) is 5.41 Å². The van der Waals surface area contributed by atoms with Crippen molar-refractivity contribution in [1.29, 1.82) is 0 Å². The zero-order chi connectivity index (χ0) is 11.4. The van der Waals surface area contributed by atoms with E-state index in [1.165, 1.54) is 0 Å². The maximum absolute atomic E-state index is 5.75. The number of benzene rings is 1. The molecule has 0 saturated carbocycles. The van der Waals surface area contributed by atoms with Crippen molar-refractivity contribution in [1.82, 2.24) is 0 Å². The molecule has 0 atom stereocenters. The van der Waals surface area contributed by atoms with Crippen LogP contribution in [0.15, 0.2) is 24.3 Å². The van der Waals surface area contributed by atoms with Crippen LogP contribution < -0.4 is 15.8 Å². The number of nitrogens with two attached hydrogens (primary N) is 1. The lowest BCUT2D eigenvalue weighted by atomic mass is 9.86. The van der Waals surface area contributed by atoms with Crippen molar-refractivity contribution in [2.24, 2.45) is 11.1 Å². The molecule has 0 unspecified atom stereocenters. The molecular weight excluding hydrogens is 204 g/mol. The van der Waals surface area contributed by atoms with E-state index in [1.54, 1.807) is 7.11 Å². The lowest BCUT2D eigenvalue weighted by molar-refractivity contribution is -0.0979. The Morgan fingerprint density at radius 2 is 2.19 bits per heavy atom. The third kappa shape index (κ3) is 2.13. The quantitative estimate of drug-likeness (QED) is 0.783. The zero-order valence-corrected chi connectivity index (χ0v) is 9.53. The molecule has 1 fully saturated rings. The second-order valence-electron chi connectivity index (χ2n) is 4.25. The molecular formula is C12H18N2O2. The van der Waals surface area contributed by atoms with E-state index in [0.29, 0.717) is 6.54 Å². The SMILES string of the molecule is COc1ccccc1NCC1(CN)COC1. The van der Waals surface area contributed by atoms with E-state index in [4.69, 9.17) is 15.2 Å². The molecule has 16 heavy (non-hydrogen) atoms. The van der Waals surface area contributed by atoms with Gasteiger partial charge in [0.05, 0.1) is 26.0 Å². The molecule has 3 N–H and O–H groups in total. The Kier molecular flexibility index (Phi) is 3.31. The first-order valence-corrected chi connectivity index (χ1v) is 5.44. The van der Waals surface area contributed by atoms with Crippen LogP contribution in [0.5, 0.6) is 5.75 Å². The van der Waals surface area contributed by atoms with Crippen LogP contribution in [0.4, 0.5) is 5.69 Å². The van der Waals surface area contributed by atoms with Gasteiger partial charge in [0.1, 0.15) is 5.75 Å². The molecule has 0 bridgehead atoms. The maximum atomic E-state index is 5.75. The predicted molar refractivity (Wildman–Crippen MR) is 63.8 cm³/mol. The number of methoxy groups -OCH3 is 1. The fraction of sp³-hybridized carbons (Fsp3) is 0.500. The van der Waals surface area contributed by atoms with Gasteiger partial charge < -0.3 is 20.5 Å². The van der Waals surface area contributed by atoms with E-state index in [2.05, 4.69) is 5.32 Å². The van der Waals surface area contributed by atoms with E-state index in [0.717, 1.165) is 31.2 Å². The summed E-state index contributed by atoms with van der Waals surface area (Å²) in [5.74, 6) is 0.856. The lowest BCUT2D eigenvalue weighted by Gasteiger charge is -2.40. The molecule has 0 spiro atoms. The van der Waals surface area contributed by atoms with Gasteiger partial charge in [0.25, 0.3) is 0 Å². The Labute approximate surface area is 95.7 Å². The molecule has 1 heterocycles. The summed E-state index contributed by atoms with van der Waals surface area (Å²) in [5.41, 5.74) is 6.85. The average Bonchev–Trinajstić information content (AvgIpc) is 2.29. The number of hydrogen-bond donors (Lipinski definition) is 2. The second-order valence-corrected chi connectivity index (χ2v) is 4.25. The monoisotopic (exact) mass is 222 g/mol. The number of rotatable bonds is 5. The number of ether oxygens (including phenoxy) is 2. The van der Waals surface area contributed by atoms with Crippen LogP contribution in [-0.2, 0) is 4.74 Å². The van der Waals surface area contributed by atoms with Gasteiger partial charge in [-0.2, -0.15) is 0 Å². The van der Waals surface area contributed by atoms with E-state index in [1.807, 2.05) is 24.3 Å². The minimum absolute atomic E-state index is 0.0981. The van der Waals surface area contributed by atoms with Gasteiger partial charge in [-0.15, -0.1) is 0 Å². The molecule has 0 aromatic heterocycles. The third-order valence-electron chi connectivity index (χ3n) is 3.01. The lowest BCUT2D eigenvalue weighted by Crippen LogP contribution is -2.52. The summed E-state index contributed by atoms with van der Waals surface area (Å²) in [5, 5.41) is 3.37. The molecule has 0 radical (unpaired) electrons. The number of hydrogen-bond acceptors (Lipinski definition) is 4. The van der Waals surface area contributed by atoms with Crippen molar-refractivity contribution >= 4 is 5.69 Å². The van der Waals surface area contributed by atoms with Crippen LogP contribution in [0.3, 0.4) is 0 Å². The number of nitrogens with one attached hydrogen (secondary N) is 1. The molecule has 2 rings (SSSR count). The Hall–Kier alpha value is -1.26. The predicted octanol–water partition coefficient (Wildman–Crippen LogP) is 1.08. The topological polar surface area (TPSA) is 56.5 Å². The molecule has 1 aromatic carbocycles. The Morgan fingerprint density at radius 1 is 1.44 bits per heavy atom. The maximum Gasteiger partial charge on any atom is 0.141 e. The molecule has 1 aliphatic rings. The van der Waals surface area contributed by atoms with E-state index in [9.17, 15) is 0 Å². The molecule has 0 amide bonds. The van der Waals surface area contributed by atoms with E-state index < -0.39 is 0 Å². The van der Waals surface area contributed by atoms with Gasteiger partial charge in [-0.25, -0.2) is 0 Å². The van der Waals surface area contributed by atoms with Gasteiger partial charge in [0, 0.05) is 18.5 Å². The fourth-order valence-corrected chi connectivity index (χ4v) is 1.76. The van der Waals surface area contributed by atoms with Crippen molar-refractivity contribution in [3.8, 4) is 5.75 Å². The van der Waals surface area contributed by atoms with Crippen LogP contribution >= 0.6 is 0 Å². The Bertz CT molecular complexity index is 345. The van der Waals surface area contributed by atoms with Crippen LogP contribution in [0.25, 0.3) is 0 Å². The molecule has 4 nitrogen and oxygen atoms in total. The molecule has 1 aromatic rings. The molecule has 1 aliphatic heterocycles. The highest BCUT2D eigenvalue weighted by molar-refractivity contribution is 5.56. The number of anilines is 1. The Morgan fingerprint density at radius 3 is 2.75 bits per heavy atom. The first-order valence-electron chi connectivity index (χ1n) is 5.44. The first-order chi connectivity index (χ1) is 7.79. The smallest absolute Gasteiger partial charge is 0.141 e. The van der Waals surface area contributed by atoms with E-state index >= 15 is 0 Å². The summed E-state index contributed by atoms with van der Waals surface area (Å²) in [6.07, 6.45) is 0. The second kappa shape index (κ2) is 4.72. The first kappa shape index (κ1) is 11.2. The van der Waals surface area contributed by atoms with Gasteiger partial charge in [-0.1, -0.05) is 12.1 Å². The molecule has 1 saturated heterocycles.